The van der Waals surface area contributed by atoms with Gasteiger partial charge in [-0.15, -0.1) is 24.0 Å². The SMILES string of the molecule is CCOCCCNC(=NC)NCC(=O)N1CCC(Cc2ccccc2)CC1.I. The highest BCUT2D eigenvalue weighted by molar-refractivity contribution is 14.0. The lowest BCUT2D eigenvalue weighted by molar-refractivity contribution is -0.131. The first-order valence-corrected chi connectivity index (χ1v) is 10.1. The minimum Gasteiger partial charge on any atom is -0.382 e. The maximum absolute atomic E-state index is 12.5. The average Bonchev–Trinajstić information content (AvgIpc) is 2.71. The number of hydrogen-bond acceptors (Lipinski definition) is 3. The van der Waals surface area contributed by atoms with E-state index in [1.165, 1.54) is 5.56 Å². The molecule has 2 rings (SSSR count). The number of amides is 1. The summed E-state index contributed by atoms with van der Waals surface area (Å²) in [6.45, 7) is 6.22. The van der Waals surface area contributed by atoms with Crippen LogP contribution in [0.5, 0.6) is 0 Å². The van der Waals surface area contributed by atoms with E-state index in [-0.39, 0.29) is 36.4 Å². The van der Waals surface area contributed by atoms with Crippen molar-refractivity contribution in [2.75, 3.05) is 46.4 Å². The molecule has 0 atom stereocenters. The minimum absolute atomic E-state index is 0. The molecule has 158 valence electrons. The van der Waals surface area contributed by atoms with Gasteiger partial charge in [0.1, 0.15) is 0 Å². The standard InChI is InChI=1S/C21H34N4O2.HI/c1-3-27-15-7-12-23-21(22-2)24-17-20(26)25-13-10-19(11-14-25)16-18-8-5-4-6-9-18;/h4-6,8-9,19H,3,7,10-17H2,1-2H3,(H2,22,23,24);1H. The van der Waals surface area contributed by atoms with Crippen molar-refractivity contribution >= 4 is 35.8 Å². The normalized spacial score (nSPS) is 15.1. The number of nitrogens with one attached hydrogen (secondary N) is 2. The van der Waals surface area contributed by atoms with Gasteiger partial charge in [-0.05, 0) is 44.1 Å². The molecule has 2 N–H and O–H groups in total. The van der Waals surface area contributed by atoms with Crippen molar-refractivity contribution in [2.45, 2.75) is 32.6 Å². The molecule has 7 heteroatoms. The van der Waals surface area contributed by atoms with Gasteiger partial charge >= 0.3 is 0 Å². The molecule has 0 aromatic heterocycles. The lowest BCUT2D eigenvalue weighted by Crippen LogP contribution is -2.47. The number of ether oxygens (including phenoxy) is 1. The van der Waals surface area contributed by atoms with Crippen LogP contribution < -0.4 is 10.6 Å². The third-order valence-corrected chi connectivity index (χ3v) is 4.93. The number of carbonyl (C=O) groups is 1. The topological polar surface area (TPSA) is 66.0 Å². The summed E-state index contributed by atoms with van der Waals surface area (Å²) in [6, 6.07) is 10.6. The fourth-order valence-electron chi connectivity index (χ4n) is 3.35. The molecule has 1 aliphatic heterocycles. The average molecular weight is 502 g/mol. The second-order valence-electron chi connectivity index (χ2n) is 6.92. The van der Waals surface area contributed by atoms with Crippen LogP contribution in [0.25, 0.3) is 0 Å². The zero-order valence-corrected chi connectivity index (χ0v) is 19.5. The largest absolute Gasteiger partial charge is 0.382 e. The summed E-state index contributed by atoms with van der Waals surface area (Å²) in [5.74, 6) is 1.48. The second-order valence-corrected chi connectivity index (χ2v) is 6.92. The van der Waals surface area contributed by atoms with Crippen LogP contribution in [-0.4, -0.2) is 63.2 Å². The molecule has 0 saturated carbocycles. The first-order valence-electron chi connectivity index (χ1n) is 10.1. The number of guanidine groups is 1. The van der Waals surface area contributed by atoms with E-state index < -0.39 is 0 Å². The molecular weight excluding hydrogens is 467 g/mol. The summed E-state index contributed by atoms with van der Waals surface area (Å²) < 4.78 is 5.31. The Labute approximate surface area is 186 Å². The van der Waals surface area contributed by atoms with Crippen LogP contribution in [0.4, 0.5) is 0 Å². The monoisotopic (exact) mass is 502 g/mol. The highest BCUT2D eigenvalue weighted by Gasteiger charge is 2.22. The quantitative estimate of drug-likeness (QED) is 0.236. The maximum atomic E-state index is 12.5. The molecule has 6 nitrogen and oxygen atoms in total. The number of halogens is 1. The molecule has 1 aromatic carbocycles. The molecule has 1 fully saturated rings. The highest BCUT2D eigenvalue weighted by Crippen LogP contribution is 2.21. The van der Waals surface area contributed by atoms with Crippen molar-refractivity contribution in [2.24, 2.45) is 10.9 Å². The molecule has 1 heterocycles. The predicted octanol–water partition coefficient (Wildman–Crippen LogP) is 2.68. The van der Waals surface area contributed by atoms with Crippen LogP contribution in [-0.2, 0) is 16.0 Å². The van der Waals surface area contributed by atoms with E-state index in [4.69, 9.17) is 4.74 Å². The van der Waals surface area contributed by atoms with E-state index >= 15 is 0 Å². The fourth-order valence-corrected chi connectivity index (χ4v) is 3.35. The van der Waals surface area contributed by atoms with Crippen LogP contribution in [0.2, 0.25) is 0 Å². The van der Waals surface area contributed by atoms with Gasteiger partial charge in [0.05, 0.1) is 6.54 Å². The Bertz CT molecular complexity index is 575. The van der Waals surface area contributed by atoms with E-state index in [1.807, 2.05) is 11.8 Å². The molecule has 0 bridgehead atoms. The molecule has 1 saturated heterocycles. The summed E-state index contributed by atoms with van der Waals surface area (Å²) in [4.78, 5) is 18.6. The van der Waals surface area contributed by atoms with Crippen molar-refractivity contribution < 1.29 is 9.53 Å². The van der Waals surface area contributed by atoms with E-state index in [0.717, 1.165) is 58.5 Å². The molecular formula is C21H35IN4O2. The Morgan fingerprint density at radius 2 is 1.93 bits per heavy atom. The Morgan fingerprint density at radius 3 is 2.57 bits per heavy atom. The van der Waals surface area contributed by atoms with E-state index in [9.17, 15) is 4.79 Å². The van der Waals surface area contributed by atoms with Crippen molar-refractivity contribution in [3.63, 3.8) is 0 Å². The number of nitrogens with zero attached hydrogens (tertiary/aromatic N) is 2. The van der Waals surface area contributed by atoms with Crippen LogP contribution in [0, 0.1) is 5.92 Å². The van der Waals surface area contributed by atoms with Crippen LogP contribution in [0.1, 0.15) is 31.7 Å². The van der Waals surface area contributed by atoms with Crippen LogP contribution in [0.15, 0.2) is 35.3 Å². The third kappa shape index (κ3) is 9.23. The van der Waals surface area contributed by atoms with Crippen molar-refractivity contribution in [3.8, 4) is 0 Å². The van der Waals surface area contributed by atoms with E-state index in [2.05, 4.69) is 46.0 Å². The Morgan fingerprint density at radius 1 is 1.21 bits per heavy atom. The Hall–Kier alpha value is -1.35. The molecule has 0 aliphatic carbocycles. The molecule has 1 aliphatic rings. The molecule has 28 heavy (non-hydrogen) atoms. The number of likely N-dealkylation sites (tertiary alicyclic amines) is 1. The minimum atomic E-state index is 0. The number of piperidine rings is 1. The lowest BCUT2D eigenvalue weighted by atomic mass is 9.90. The van der Waals surface area contributed by atoms with Crippen molar-refractivity contribution in [1.29, 1.82) is 0 Å². The van der Waals surface area contributed by atoms with Gasteiger partial charge in [0, 0.05) is 39.9 Å². The summed E-state index contributed by atoms with van der Waals surface area (Å²) in [7, 11) is 1.72. The van der Waals surface area contributed by atoms with Gasteiger partial charge in [-0.3, -0.25) is 9.79 Å². The number of rotatable bonds is 9. The zero-order valence-electron chi connectivity index (χ0n) is 17.2. The molecule has 1 amide bonds. The summed E-state index contributed by atoms with van der Waals surface area (Å²) in [6.07, 6.45) is 4.17. The van der Waals surface area contributed by atoms with Crippen molar-refractivity contribution in [1.82, 2.24) is 15.5 Å². The first kappa shape index (κ1) is 24.7. The van der Waals surface area contributed by atoms with Gasteiger partial charge in [0.25, 0.3) is 0 Å². The number of carbonyl (C=O) groups excluding carboxylic acids is 1. The zero-order chi connectivity index (χ0) is 19.3. The Kier molecular flexibility index (Phi) is 12.9. The second kappa shape index (κ2) is 14.6. The summed E-state index contributed by atoms with van der Waals surface area (Å²) in [5, 5.41) is 6.32. The maximum Gasteiger partial charge on any atom is 0.241 e. The molecule has 0 radical (unpaired) electrons. The van der Waals surface area contributed by atoms with Gasteiger partial charge in [0.2, 0.25) is 5.91 Å². The van der Waals surface area contributed by atoms with Gasteiger partial charge in [-0.25, -0.2) is 0 Å². The van der Waals surface area contributed by atoms with E-state index in [1.54, 1.807) is 7.05 Å². The number of hydrogen-bond donors (Lipinski definition) is 2. The Balaban J connectivity index is 0.00000392. The van der Waals surface area contributed by atoms with Gasteiger partial charge in [0.15, 0.2) is 5.96 Å². The summed E-state index contributed by atoms with van der Waals surface area (Å²) >= 11 is 0. The molecule has 0 unspecified atom stereocenters. The van der Waals surface area contributed by atoms with Gasteiger partial charge < -0.3 is 20.3 Å². The first-order chi connectivity index (χ1) is 13.2. The third-order valence-electron chi connectivity index (χ3n) is 4.93. The molecule has 0 spiro atoms. The smallest absolute Gasteiger partial charge is 0.241 e. The van der Waals surface area contributed by atoms with E-state index in [0.29, 0.717) is 11.9 Å². The lowest BCUT2D eigenvalue weighted by Gasteiger charge is -2.32. The van der Waals surface area contributed by atoms with Crippen molar-refractivity contribution in [3.05, 3.63) is 35.9 Å². The van der Waals surface area contributed by atoms with Crippen LogP contribution in [0.3, 0.4) is 0 Å². The van der Waals surface area contributed by atoms with Gasteiger partial charge in [-0.2, -0.15) is 0 Å². The highest BCUT2D eigenvalue weighted by atomic mass is 127. The summed E-state index contributed by atoms with van der Waals surface area (Å²) in [5.41, 5.74) is 1.39. The molecule has 1 aromatic rings. The number of aliphatic imine (C=N–C) groups is 1. The fraction of sp³-hybridized carbons (Fsp3) is 0.619. The van der Waals surface area contributed by atoms with Gasteiger partial charge in [-0.1, -0.05) is 30.3 Å². The number of benzene rings is 1. The predicted molar refractivity (Wildman–Crippen MR) is 125 cm³/mol. The van der Waals surface area contributed by atoms with Crippen LogP contribution >= 0.6 is 24.0 Å².